The quantitative estimate of drug-likeness (QED) is 0.561. The summed E-state index contributed by atoms with van der Waals surface area (Å²) in [6.45, 7) is 0.426. The number of hydrogen-bond donors (Lipinski definition) is 2. The molecule has 32 heavy (non-hydrogen) atoms. The van der Waals surface area contributed by atoms with E-state index in [1.54, 1.807) is 18.2 Å². The van der Waals surface area contributed by atoms with Crippen molar-refractivity contribution in [2.75, 3.05) is 18.4 Å². The van der Waals surface area contributed by atoms with Gasteiger partial charge in [0.05, 0.1) is 17.3 Å². The molecular formula is C21H21F3N4O3S. The number of aromatic nitrogens is 2. The molecule has 3 aromatic rings. The van der Waals surface area contributed by atoms with E-state index in [9.17, 15) is 26.7 Å². The van der Waals surface area contributed by atoms with Crippen molar-refractivity contribution in [3.8, 4) is 0 Å². The summed E-state index contributed by atoms with van der Waals surface area (Å²) in [4.78, 5) is 0. The van der Waals surface area contributed by atoms with E-state index in [1.165, 1.54) is 4.31 Å². The molecule has 0 spiro atoms. The summed E-state index contributed by atoms with van der Waals surface area (Å²) in [6.07, 6.45) is 2.02. The Hall–Kier alpha value is -2.63. The summed E-state index contributed by atoms with van der Waals surface area (Å²) >= 11 is 0. The van der Waals surface area contributed by atoms with Gasteiger partial charge in [0.2, 0.25) is 0 Å². The number of aliphatic hydroxyl groups is 1. The smallest absolute Gasteiger partial charge is 0.323 e. The van der Waals surface area contributed by atoms with Gasteiger partial charge in [-0.25, -0.2) is 13.2 Å². The molecule has 0 atom stereocenters. The Labute approximate surface area is 182 Å². The second kappa shape index (κ2) is 7.75. The lowest BCUT2D eigenvalue weighted by Gasteiger charge is -2.28. The summed E-state index contributed by atoms with van der Waals surface area (Å²) < 4.78 is 69.2. The maximum absolute atomic E-state index is 13.6. The number of benzene rings is 2. The first-order chi connectivity index (χ1) is 15.2. The van der Waals surface area contributed by atoms with Gasteiger partial charge in [0.1, 0.15) is 0 Å². The Balaban J connectivity index is 1.53. The fourth-order valence-electron chi connectivity index (χ4n) is 4.00. The normalized spacial score (nSPS) is 18.4. The zero-order valence-corrected chi connectivity index (χ0v) is 17.7. The first-order valence-corrected chi connectivity index (χ1v) is 11.8. The zero-order chi connectivity index (χ0) is 22.6. The number of nitrogens with zero attached hydrogens (tertiary/aromatic N) is 3. The SMILES string of the molecule is O=S(=O)(N1CCC(O)CC1)n1nc(C2CC2)c2cc(Nc3cc(F)c(F)c(F)c3)ccc21. The maximum Gasteiger partial charge on any atom is 0.323 e. The van der Waals surface area contributed by atoms with Crippen molar-refractivity contribution in [1.29, 1.82) is 0 Å². The van der Waals surface area contributed by atoms with Crippen LogP contribution in [0.1, 0.15) is 37.3 Å². The van der Waals surface area contributed by atoms with E-state index in [1.807, 2.05) is 0 Å². The van der Waals surface area contributed by atoms with Gasteiger partial charge in [0.25, 0.3) is 0 Å². The molecular weight excluding hydrogens is 445 g/mol. The number of hydrogen-bond acceptors (Lipinski definition) is 5. The number of anilines is 2. The summed E-state index contributed by atoms with van der Waals surface area (Å²) in [6, 6.07) is 6.54. The lowest BCUT2D eigenvalue weighted by molar-refractivity contribution is 0.112. The second-order valence-electron chi connectivity index (χ2n) is 8.25. The van der Waals surface area contributed by atoms with Crippen LogP contribution in [0.15, 0.2) is 30.3 Å². The number of halogens is 3. The van der Waals surface area contributed by atoms with Gasteiger partial charge in [-0.05, 0) is 43.9 Å². The molecule has 7 nitrogen and oxygen atoms in total. The topological polar surface area (TPSA) is 87.5 Å². The molecule has 1 aromatic heterocycles. The third kappa shape index (κ3) is 3.74. The minimum atomic E-state index is -3.92. The Kier molecular flexibility index (Phi) is 5.14. The standard InChI is InChI=1S/C21H21F3N4O3S/c22-17-10-14(11-18(23)20(17)24)25-13-3-4-19-16(9-13)21(12-1-2-12)26-28(19)32(30,31)27-7-5-15(29)6-8-27/h3-4,9-12,15,25,29H,1-2,5-8H2. The molecule has 0 bridgehead atoms. The number of fused-ring (bicyclic) bond motifs is 1. The molecule has 2 heterocycles. The monoisotopic (exact) mass is 466 g/mol. The Morgan fingerprint density at radius 1 is 0.969 bits per heavy atom. The predicted octanol–water partition coefficient (Wildman–Crippen LogP) is 3.62. The van der Waals surface area contributed by atoms with E-state index in [0.29, 0.717) is 35.1 Å². The van der Waals surface area contributed by atoms with E-state index < -0.39 is 33.8 Å². The van der Waals surface area contributed by atoms with Crippen LogP contribution in [-0.4, -0.2) is 46.2 Å². The van der Waals surface area contributed by atoms with Crippen LogP contribution >= 0.6 is 0 Å². The summed E-state index contributed by atoms with van der Waals surface area (Å²) in [5, 5.41) is 17.6. The highest BCUT2D eigenvalue weighted by Gasteiger charge is 2.35. The third-order valence-corrected chi connectivity index (χ3v) is 7.62. The predicted molar refractivity (Wildman–Crippen MR) is 112 cm³/mol. The van der Waals surface area contributed by atoms with Gasteiger partial charge in [-0.1, -0.05) is 0 Å². The minimum Gasteiger partial charge on any atom is -0.393 e. The lowest BCUT2D eigenvalue weighted by Crippen LogP contribution is -2.43. The highest BCUT2D eigenvalue weighted by Crippen LogP contribution is 2.43. The van der Waals surface area contributed by atoms with Gasteiger partial charge < -0.3 is 10.4 Å². The molecule has 0 amide bonds. The Bertz CT molecular complexity index is 1280. The van der Waals surface area contributed by atoms with E-state index in [4.69, 9.17) is 0 Å². The highest BCUT2D eigenvalue weighted by atomic mass is 32.2. The van der Waals surface area contributed by atoms with Gasteiger partial charge in [0, 0.05) is 47.9 Å². The van der Waals surface area contributed by atoms with Crippen molar-refractivity contribution in [3.63, 3.8) is 0 Å². The molecule has 0 radical (unpaired) electrons. The van der Waals surface area contributed by atoms with Gasteiger partial charge in [-0.15, -0.1) is 4.09 Å². The van der Waals surface area contributed by atoms with Crippen LogP contribution in [0.4, 0.5) is 24.5 Å². The molecule has 1 aliphatic carbocycles. The number of aliphatic hydroxyl groups excluding tert-OH is 1. The van der Waals surface area contributed by atoms with Crippen LogP contribution < -0.4 is 5.32 Å². The average molecular weight is 466 g/mol. The Morgan fingerprint density at radius 2 is 1.62 bits per heavy atom. The van der Waals surface area contributed by atoms with E-state index >= 15 is 0 Å². The number of rotatable bonds is 5. The van der Waals surface area contributed by atoms with Crippen molar-refractivity contribution < 1.29 is 26.7 Å². The first kappa shape index (κ1) is 21.2. The molecule has 2 aliphatic rings. The highest BCUT2D eigenvalue weighted by molar-refractivity contribution is 7.87. The van der Waals surface area contributed by atoms with Crippen LogP contribution in [0.3, 0.4) is 0 Å². The maximum atomic E-state index is 13.6. The molecule has 2 N–H and O–H groups in total. The van der Waals surface area contributed by atoms with E-state index in [2.05, 4.69) is 10.4 Å². The largest absolute Gasteiger partial charge is 0.393 e. The molecule has 5 rings (SSSR count). The average Bonchev–Trinajstić information content (AvgIpc) is 3.52. The molecule has 1 aliphatic heterocycles. The fraction of sp³-hybridized carbons (Fsp3) is 0.381. The van der Waals surface area contributed by atoms with Gasteiger partial charge in [-0.2, -0.15) is 17.8 Å². The van der Waals surface area contributed by atoms with Crippen LogP contribution in [0.5, 0.6) is 0 Å². The van der Waals surface area contributed by atoms with E-state index in [-0.39, 0.29) is 24.7 Å². The second-order valence-corrected chi connectivity index (χ2v) is 10.0. The van der Waals surface area contributed by atoms with Crippen LogP contribution in [0, 0.1) is 17.5 Å². The van der Waals surface area contributed by atoms with Crippen molar-refractivity contribution in [2.45, 2.75) is 37.7 Å². The van der Waals surface area contributed by atoms with Crippen molar-refractivity contribution in [2.24, 2.45) is 0 Å². The Morgan fingerprint density at radius 3 is 2.25 bits per heavy atom. The van der Waals surface area contributed by atoms with Crippen molar-refractivity contribution in [1.82, 2.24) is 13.5 Å². The number of piperidine rings is 1. The molecule has 1 saturated heterocycles. The summed E-state index contributed by atoms with van der Waals surface area (Å²) in [5.74, 6) is -4.01. The zero-order valence-electron chi connectivity index (χ0n) is 16.9. The summed E-state index contributed by atoms with van der Waals surface area (Å²) in [7, 11) is -3.92. The summed E-state index contributed by atoms with van der Waals surface area (Å²) in [5.41, 5.74) is 1.55. The fourth-order valence-corrected chi connectivity index (χ4v) is 5.49. The van der Waals surface area contributed by atoms with Crippen molar-refractivity contribution >= 4 is 32.5 Å². The molecule has 1 saturated carbocycles. The molecule has 2 fully saturated rings. The van der Waals surface area contributed by atoms with Crippen LogP contribution in [-0.2, 0) is 10.2 Å². The molecule has 170 valence electrons. The molecule has 2 aromatic carbocycles. The first-order valence-electron chi connectivity index (χ1n) is 10.4. The van der Waals surface area contributed by atoms with Crippen LogP contribution in [0.25, 0.3) is 10.9 Å². The third-order valence-electron chi connectivity index (χ3n) is 5.88. The molecule has 11 heteroatoms. The van der Waals surface area contributed by atoms with Gasteiger partial charge in [0.15, 0.2) is 17.5 Å². The van der Waals surface area contributed by atoms with Gasteiger partial charge >= 0.3 is 10.2 Å². The van der Waals surface area contributed by atoms with Crippen molar-refractivity contribution in [3.05, 3.63) is 53.5 Å². The van der Waals surface area contributed by atoms with Crippen LogP contribution in [0.2, 0.25) is 0 Å². The number of nitrogens with one attached hydrogen (secondary N) is 1. The minimum absolute atomic E-state index is 0.0283. The van der Waals surface area contributed by atoms with Gasteiger partial charge in [-0.3, -0.25) is 0 Å². The lowest BCUT2D eigenvalue weighted by atomic mass is 10.1. The van der Waals surface area contributed by atoms with E-state index in [0.717, 1.165) is 29.1 Å². The molecule has 0 unspecified atom stereocenters.